The average molecular weight is 351 g/mol. The van der Waals surface area contributed by atoms with Gasteiger partial charge in [-0.2, -0.15) is 18.2 Å². The molecule has 0 aliphatic carbocycles. The molecular formula is C17H16F3N3O2. The highest BCUT2D eigenvalue weighted by atomic mass is 19.4. The number of aromatic nitrogens is 2. The van der Waals surface area contributed by atoms with Crippen molar-refractivity contribution in [3.05, 3.63) is 53.5 Å². The largest absolute Gasteiger partial charge is 0.472 e. The van der Waals surface area contributed by atoms with E-state index in [1.807, 2.05) is 0 Å². The maximum absolute atomic E-state index is 12.8. The SMILES string of the molecule is Cc1nccc(O[C@@H]2CCN(C(=O)c3cccc(C(F)(F)F)c3)C2)n1. The smallest absolute Gasteiger partial charge is 0.416 e. The Labute approximate surface area is 142 Å². The van der Waals surface area contributed by atoms with Crippen LogP contribution in [0.4, 0.5) is 13.2 Å². The Kier molecular flexibility index (Phi) is 4.61. The first-order valence-corrected chi connectivity index (χ1v) is 7.76. The third-order valence-electron chi connectivity index (χ3n) is 3.91. The van der Waals surface area contributed by atoms with Crippen LogP contribution in [0.2, 0.25) is 0 Å². The van der Waals surface area contributed by atoms with Crippen molar-refractivity contribution in [2.45, 2.75) is 25.6 Å². The molecule has 0 radical (unpaired) electrons. The molecule has 25 heavy (non-hydrogen) atoms. The van der Waals surface area contributed by atoms with Gasteiger partial charge in [0, 0.05) is 30.8 Å². The van der Waals surface area contributed by atoms with Crippen molar-refractivity contribution in [1.29, 1.82) is 0 Å². The molecule has 1 amide bonds. The molecule has 0 bridgehead atoms. The van der Waals surface area contributed by atoms with Crippen LogP contribution >= 0.6 is 0 Å². The van der Waals surface area contributed by atoms with Crippen molar-refractivity contribution in [3.63, 3.8) is 0 Å². The Morgan fingerprint density at radius 1 is 1.32 bits per heavy atom. The number of hydrogen-bond acceptors (Lipinski definition) is 4. The molecule has 1 aromatic heterocycles. The van der Waals surface area contributed by atoms with Gasteiger partial charge in [0.05, 0.1) is 12.1 Å². The molecule has 2 aromatic rings. The predicted octanol–water partition coefficient (Wildman–Crippen LogP) is 3.10. The maximum atomic E-state index is 12.8. The summed E-state index contributed by atoms with van der Waals surface area (Å²) in [6.07, 6.45) is -2.55. The number of likely N-dealkylation sites (tertiary alicyclic amines) is 1. The number of ether oxygens (including phenoxy) is 1. The van der Waals surface area contributed by atoms with E-state index < -0.39 is 17.6 Å². The predicted molar refractivity (Wildman–Crippen MR) is 83.1 cm³/mol. The molecule has 0 spiro atoms. The van der Waals surface area contributed by atoms with Gasteiger partial charge in [0.15, 0.2) is 0 Å². The van der Waals surface area contributed by atoms with Crippen LogP contribution in [0.5, 0.6) is 5.88 Å². The molecule has 2 heterocycles. The highest BCUT2D eigenvalue weighted by Gasteiger charge is 2.33. The lowest BCUT2D eigenvalue weighted by atomic mass is 10.1. The van der Waals surface area contributed by atoms with Gasteiger partial charge in [-0.15, -0.1) is 0 Å². The van der Waals surface area contributed by atoms with Crippen LogP contribution in [0.3, 0.4) is 0 Å². The van der Waals surface area contributed by atoms with E-state index >= 15 is 0 Å². The third-order valence-corrected chi connectivity index (χ3v) is 3.91. The number of halogens is 3. The number of nitrogens with zero attached hydrogens (tertiary/aromatic N) is 3. The zero-order valence-corrected chi connectivity index (χ0v) is 13.5. The van der Waals surface area contributed by atoms with Crippen molar-refractivity contribution >= 4 is 5.91 Å². The zero-order chi connectivity index (χ0) is 18.0. The number of alkyl halides is 3. The number of benzene rings is 1. The van der Waals surface area contributed by atoms with Crippen LogP contribution in [0.25, 0.3) is 0 Å². The monoisotopic (exact) mass is 351 g/mol. The first-order chi connectivity index (χ1) is 11.8. The van der Waals surface area contributed by atoms with Gasteiger partial charge in [-0.25, -0.2) is 4.98 Å². The minimum Gasteiger partial charge on any atom is -0.472 e. The van der Waals surface area contributed by atoms with Crippen LogP contribution in [0.1, 0.15) is 28.2 Å². The number of hydrogen-bond donors (Lipinski definition) is 0. The molecule has 1 saturated heterocycles. The second-order valence-corrected chi connectivity index (χ2v) is 5.80. The first-order valence-electron chi connectivity index (χ1n) is 7.76. The third kappa shape index (κ3) is 4.07. The van der Waals surface area contributed by atoms with Gasteiger partial charge in [0.25, 0.3) is 5.91 Å². The summed E-state index contributed by atoms with van der Waals surface area (Å²) in [7, 11) is 0. The molecule has 1 aromatic carbocycles. The maximum Gasteiger partial charge on any atom is 0.416 e. The molecule has 1 fully saturated rings. The summed E-state index contributed by atoms with van der Waals surface area (Å²) in [5, 5.41) is 0. The highest BCUT2D eigenvalue weighted by molar-refractivity contribution is 5.94. The Morgan fingerprint density at radius 3 is 2.84 bits per heavy atom. The molecule has 3 rings (SSSR count). The Balaban J connectivity index is 1.66. The average Bonchev–Trinajstić information content (AvgIpc) is 3.02. The summed E-state index contributed by atoms with van der Waals surface area (Å²) in [5.74, 6) is 0.564. The topological polar surface area (TPSA) is 55.3 Å². The number of aryl methyl sites for hydroxylation is 1. The first kappa shape index (κ1) is 17.2. The molecular weight excluding hydrogens is 335 g/mol. The van der Waals surface area contributed by atoms with E-state index in [1.165, 1.54) is 17.0 Å². The molecule has 132 valence electrons. The number of rotatable bonds is 3. The quantitative estimate of drug-likeness (QED) is 0.853. The van der Waals surface area contributed by atoms with Crippen molar-refractivity contribution in [3.8, 4) is 5.88 Å². The molecule has 1 aliphatic rings. The Morgan fingerprint density at radius 2 is 2.12 bits per heavy atom. The molecule has 0 saturated carbocycles. The van der Waals surface area contributed by atoms with E-state index in [0.29, 0.717) is 31.2 Å². The van der Waals surface area contributed by atoms with E-state index in [-0.39, 0.29) is 11.7 Å². The van der Waals surface area contributed by atoms with Gasteiger partial charge in [-0.1, -0.05) is 6.07 Å². The summed E-state index contributed by atoms with van der Waals surface area (Å²) in [5.41, 5.74) is -0.810. The fourth-order valence-corrected chi connectivity index (χ4v) is 2.69. The van der Waals surface area contributed by atoms with E-state index in [2.05, 4.69) is 9.97 Å². The molecule has 1 aliphatic heterocycles. The fourth-order valence-electron chi connectivity index (χ4n) is 2.69. The fraction of sp³-hybridized carbons (Fsp3) is 0.353. The van der Waals surface area contributed by atoms with E-state index in [4.69, 9.17) is 4.74 Å². The van der Waals surface area contributed by atoms with E-state index in [1.54, 1.807) is 19.2 Å². The van der Waals surface area contributed by atoms with Crippen molar-refractivity contribution in [1.82, 2.24) is 14.9 Å². The van der Waals surface area contributed by atoms with Gasteiger partial charge < -0.3 is 9.64 Å². The number of carbonyl (C=O) groups excluding carboxylic acids is 1. The van der Waals surface area contributed by atoms with E-state index in [0.717, 1.165) is 12.1 Å². The van der Waals surface area contributed by atoms with Crippen LogP contribution in [0, 0.1) is 6.92 Å². The second-order valence-electron chi connectivity index (χ2n) is 5.80. The van der Waals surface area contributed by atoms with Gasteiger partial charge in [-0.05, 0) is 25.1 Å². The summed E-state index contributed by atoms with van der Waals surface area (Å²) in [6, 6.07) is 6.09. The highest BCUT2D eigenvalue weighted by Crippen LogP contribution is 2.30. The molecule has 0 unspecified atom stereocenters. The van der Waals surface area contributed by atoms with Crippen LogP contribution < -0.4 is 4.74 Å². The Hall–Kier alpha value is -2.64. The van der Waals surface area contributed by atoms with Gasteiger partial charge >= 0.3 is 6.18 Å². The summed E-state index contributed by atoms with van der Waals surface area (Å²) < 4.78 is 44.1. The zero-order valence-electron chi connectivity index (χ0n) is 13.5. The van der Waals surface area contributed by atoms with Crippen molar-refractivity contribution in [2.75, 3.05) is 13.1 Å². The van der Waals surface area contributed by atoms with Crippen molar-refractivity contribution < 1.29 is 22.7 Å². The molecule has 5 nitrogen and oxygen atoms in total. The lowest BCUT2D eigenvalue weighted by molar-refractivity contribution is -0.137. The number of carbonyl (C=O) groups is 1. The Bertz CT molecular complexity index is 780. The second kappa shape index (κ2) is 6.70. The minimum absolute atomic E-state index is 0.0216. The molecule has 1 atom stereocenters. The summed E-state index contributed by atoms with van der Waals surface area (Å²) >= 11 is 0. The lowest BCUT2D eigenvalue weighted by Crippen LogP contribution is -2.31. The minimum atomic E-state index is -4.47. The lowest BCUT2D eigenvalue weighted by Gasteiger charge is -2.18. The standard InChI is InChI=1S/C17H16F3N3O2/c1-11-21-7-5-15(22-11)25-14-6-8-23(10-14)16(24)12-3-2-4-13(9-12)17(18,19)20/h2-5,7,9,14H,6,8,10H2,1H3/t14-/m1/s1. The van der Waals surface area contributed by atoms with Crippen LogP contribution in [0.15, 0.2) is 36.5 Å². The number of amides is 1. The van der Waals surface area contributed by atoms with Crippen LogP contribution in [-0.4, -0.2) is 40.0 Å². The molecule has 8 heteroatoms. The molecule has 0 N–H and O–H groups in total. The summed E-state index contributed by atoms with van der Waals surface area (Å²) in [4.78, 5) is 22.1. The normalized spacial score (nSPS) is 17.6. The van der Waals surface area contributed by atoms with Crippen LogP contribution in [-0.2, 0) is 6.18 Å². The van der Waals surface area contributed by atoms with Gasteiger partial charge in [0.1, 0.15) is 11.9 Å². The van der Waals surface area contributed by atoms with Gasteiger partial charge in [-0.3, -0.25) is 4.79 Å². The van der Waals surface area contributed by atoms with Crippen molar-refractivity contribution in [2.24, 2.45) is 0 Å². The van der Waals surface area contributed by atoms with Gasteiger partial charge in [0.2, 0.25) is 5.88 Å². The van der Waals surface area contributed by atoms with E-state index in [9.17, 15) is 18.0 Å². The summed E-state index contributed by atoms with van der Waals surface area (Å²) in [6.45, 7) is 2.47.